The number of hydrogen-bond acceptors (Lipinski definition) is 3. The van der Waals surface area contributed by atoms with Gasteiger partial charge in [-0.05, 0) is 67.6 Å². The highest BCUT2D eigenvalue weighted by atomic mass is 16.6. The van der Waals surface area contributed by atoms with Crippen LogP contribution in [0.4, 0.5) is 5.69 Å². The first-order chi connectivity index (χ1) is 12.8. The zero-order chi connectivity index (χ0) is 19.3. The van der Waals surface area contributed by atoms with Crippen LogP contribution in [0.15, 0.2) is 48.5 Å². The molecule has 0 amide bonds. The fraction of sp³-hybridized carbons (Fsp3) is 0.217. The summed E-state index contributed by atoms with van der Waals surface area (Å²) in [6.07, 6.45) is 0. The normalized spacial score (nSPS) is 12.9. The van der Waals surface area contributed by atoms with Crippen LogP contribution in [0.2, 0.25) is 0 Å². The number of nitro groups is 1. The summed E-state index contributed by atoms with van der Waals surface area (Å²) < 4.78 is 6.30. The van der Waals surface area contributed by atoms with E-state index in [-0.39, 0.29) is 16.5 Å². The summed E-state index contributed by atoms with van der Waals surface area (Å²) >= 11 is 0. The Kier molecular flexibility index (Phi) is 3.99. The predicted octanol–water partition coefficient (Wildman–Crippen LogP) is 6.11. The maximum absolute atomic E-state index is 11.3. The van der Waals surface area contributed by atoms with Gasteiger partial charge in [0.15, 0.2) is 0 Å². The van der Waals surface area contributed by atoms with Crippen LogP contribution in [0.3, 0.4) is 0 Å². The standard InChI is InChI=1S/C23H21NO3/c1-13-8-15(3)21-19(10-13)27-20-11-14(2)9-16(4)22(20)23(21)17-6-5-7-18(12-17)24(25)26/h5-12,23H,1-4H3. The number of aryl methyl sites for hydroxylation is 4. The van der Waals surface area contributed by atoms with Gasteiger partial charge < -0.3 is 4.74 Å². The molecule has 0 spiro atoms. The minimum atomic E-state index is -0.339. The summed E-state index contributed by atoms with van der Waals surface area (Å²) in [5.74, 6) is 1.58. The van der Waals surface area contributed by atoms with Crippen molar-refractivity contribution in [1.29, 1.82) is 0 Å². The van der Waals surface area contributed by atoms with E-state index in [1.807, 2.05) is 18.2 Å². The molecular weight excluding hydrogens is 338 g/mol. The molecule has 3 aromatic carbocycles. The molecule has 4 heteroatoms. The Bertz CT molecular complexity index is 1030. The number of fused-ring (bicyclic) bond motifs is 2. The van der Waals surface area contributed by atoms with Crippen molar-refractivity contribution >= 4 is 5.69 Å². The van der Waals surface area contributed by atoms with E-state index >= 15 is 0 Å². The molecule has 4 nitrogen and oxygen atoms in total. The summed E-state index contributed by atoms with van der Waals surface area (Å²) in [6, 6.07) is 15.3. The molecule has 0 aromatic heterocycles. The molecule has 4 rings (SSSR count). The molecule has 3 aromatic rings. The van der Waals surface area contributed by atoms with Gasteiger partial charge in [-0.2, -0.15) is 0 Å². The Balaban J connectivity index is 2.04. The lowest BCUT2D eigenvalue weighted by molar-refractivity contribution is -0.384. The molecule has 0 atom stereocenters. The summed E-state index contributed by atoms with van der Waals surface area (Å²) in [5, 5.41) is 11.3. The second-order valence-electron chi connectivity index (χ2n) is 7.37. The summed E-state index contributed by atoms with van der Waals surface area (Å²) in [4.78, 5) is 11.0. The van der Waals surface area contributed by atoms with Gasteiger partial charge >= 0.3 is 0 Å². The average molecular weight is 359 g/mol. The lowest BCUT2D eigenvalue weighted by atomic mass is 9.78. The number of hydrogen-bond donors (Lipinski definition) is 0. The van der Waals surface area contributed by atoms with E-state index in [0.717, 1.165) is 50.4 Å². The van der Waals surface area contributed by atoms with Crippen molar-refractivity contribution in [1.82, 2.24) is 0 Å². The Hall–Kier alpha value is -3.14. The van der Waals surface area contributed by atoms with Crippen molar-refractivity contribution in [2.24, 2.45) is 0 Å². The zero-order valence-corrected chi connectivity index (χ0v) is 15.9. The number of non-ortho nitro benzene ring substituents is 1. The Morgan fingerprint density at radius 3 is 1.93 bits per heavy atom. The van der Waals surface area contributed by atoms with Crippen LogP contribution < -0.4 is 4.74 Å². The molecule has 1 aliphatic rings. The lowest BCUT2D eigenvalue weighted by Crippen LogP contribution is -2.15. The number of ether oxygens (including phenoxy) is 1. The van der Waals surface area contributed by atoms with E-state index in [4.69, 9.17) is 4.74 Å². The van der Waals surface area contributed by atoms with Crippen molar-refractivity contribution in [2.75, 3.05) is 0 Å². The largest absolute Gasteiger partial charge is 0.457 e. The van der Waals surface area contributed by atoms with E-state index < -0.39 is 0 Å². The predicted molar refractivity (Wildman–Crippen MR) is 106 cm³/mol. The molecule has 0 aliphatic carbocycles. The molecule has 0 fully saturated rings. The molecule has 0 radical (unpaired) electrons. The van der Waals surface area contributed by atoms with E-state index in [1.54, 1.807) is 12.1 Å². The monoisotopic (exact) mass is 359 g/mol. The molecule has 1 heterocycles. The molecule has 136 valence electrons. The highest BCUT2D eigenvalue weighted by molar-refractivity contribution is 5.64. The third-order valence-corrected chi connectivity index (χ3v) is 5.20. The summed E-state index contributed by atoms with van der Waals surface area (Å²) in [5.41, 5.74) is 7.72. The fourth-order valence-electron chi connectivity index (χ4n) is 4.20. The van der Waals surface area contributed by atoms with Crippen molar-refractivity contribution in [3.8, 4) is 11.5 Å². The molecule has 27 heavy (non-hydrogen) atoms. The van der Waals surface area contributed by atoms with Crippen LogP contribution in [-0.2, 0) is 0 Å². The van der Waals surface area contributed by atoms with Gasteiger partial charge in [0.05, 0.1) is 4.92 Å². The van der Waals surface area contributed by atoms with Crippen LogP contribution in [0.5, 0.6) is 11.5 Å². The summed E-state index contributed by atoms with van der Waals surface area (Å²) in [7, 11) is 0. The van der Waals surface area contributed by atoms with Crippen LogP contribution in [0.1, 0.15) is 44.9 Å². The second-order valence-corrected chi connectivity index (χ2v) is 7.37. The highest BCUT2D eigenvalue weighted by Crippen LogP contribution is 2.50. The molecule has 0 bridgehead atoms. The highest BCUT2D eigenvalue weighted by Gasteiger charge is 2.32. The minimum Gasteiger partial charge on any atom is -0.457 e. The van der Waals surface area contributed by atoms with Gasteiger partial charge in [0, 0.05) is 29.2 Å². The molecule has 0 unspecified atom stereocenters. The van der Waals surface area contributed by atoms with E-state index in [9.17, 15) is 10.1 Å². The van der Waals surface area contributed by atoms with Crippen LogP contribution >= 0.6 is 0 Å². The zero-order valence-electron chi connectivity index (χ0n) is 15.9. The maximum Gasteiger partial charge on any atom is 0.269 e. The van der Waals surface area contributed by atoms with Gasteiger partial charge in [0.1, 0.15) is 11.5 Å². The van der Waals surface area contributed by atoms with Gasteiger partial charge in [-0.3, -0.25) is 10.1 Å². The third-order valence-electron chi connectivity index (χ3n) is 5.20. The van der Waals surface area contributed by atoms with E-state index in [1.165, 1.54) is 6.07 Å². The van der Waals surface area contributed by atoms with Gasteiger partial charge in [0.25, 0.3) is 5.69 Å². The first-order valence-electron chi connectivity index (χ1n) is 8.99. The molecule has 0 saturated carbocycles. The van der Waals surface area contributed by atoms with E-state index in [0.29, 0.717) is 0 Å². The van der Waals surface area contributed by atoms with E-state index in [2.05, 4.69) is 39.8 Å². The maximum atomic E-state index is 11.3. The van der Waals surface area contributed by atoms with Crippen molar-refractivity contribution in [3.05, 3.63) is 97.6 Å². The first-order valence-corrected chi connectivity index (χ1v) is 8.99. The number of benzene rings is 3. The smallest absolute Gasteiger partial charge is 0.269 e. The average Bonchev–Trinajstić information content (AvgIpc) is 2.59. The van der Waals surface area contributed by atoms with Crippen molar-refractivity contribution in [2.45, 2.75) is 33.6 Å². The van der Waals surface area contributed by atoms with Crippen molar-refractivity contribution < 1.29 is 9.66 Å². The van der Waals surface area contributed by atoms with Gasteiger partial charge in [0.2, 0.25) is 0 Å². The Labute approximate surface area is 158 Å². The second kappa shape index (κ2) is 6.23. The van der Waals surface area contributed by atoms with Crippen LogP contribution in [0.25, 0.3) is 0 Å². The summed E-state index contributed by atoms with van der Waals surface area (Å²) in [6.45, 7) is 8.26. The molecule has 0 saturated heterocycles. The SMILES string of the molecule is Cc1cc(C)c2c(c1)Oc1cc(C)cc(C)c1C2c1cccc([N+](=O)[O-])c1. The van der Waals surface area contributed by atoms with Crippen molar-refractivity contribution in [3.63, 3.8) is 0 Å². The topological polar surface area (TPSA) is 52.4 Å². The van der Waals surface area contributed by atoms with Crippen LogP contribution in [-0.4, -0.2) is 4.92 Å². The van der Waals surface area contributed by atoms with Gasteiger partial charge in [-0.1, -0.05) is 24.3 Å². The molecule has 0 N–H and O–H groups in total. The minimum absolute atomic E-state index is 0.0927. The molecule has 1 aliphatic heterocycles. The third kappa shape index (κ3) is 2.87. The fourth-order valence-corrected chi connectivity index (χ4v) is 4.20. The first kappa shape index (κ1) is 17.3. The molecular formula is C23H21NO3. The number of nitro benzene ring substituents is 1. The van der Waals surface area contributed by atoms with Crippen LogP contribution in [0, 0.1) is 37.8 Å². The van der Waals surface area contributed by atoms with Gasteiger partial charge in [-0.25, -0.2) is 0 Å². The Morgan fingerprint density at radius 2 is 1.41 bits per heavy atom. The Morgan fingerprint density at radius 1 is 0.852 bits per heavy atom. The number of nitrogens with zero attached hydrogens (tertiary/aromatic N) is 1. The quantitative estimate of drug-likeness (QED) is 0.320. The number of rotatable bonds is 2. The lowest BCUT2D eigenvalue weighted by Gasteiger charge is -2.32. The van der Waals surface area contributed by atoms with Gasteiger partial charge in [-0.15, -0.1) is 0 Å².